The van der Waals surface area contributed by atoms with E-state index >= 15 is 0 Å². The van der Waals surface area contributed by atoms with E-state index in [1.165, 1.54) is 0 Å². The van der Waals surface area contributed by atoms with Gasteiger partial charge < -0.3 is 20.1 Å². The van der Waals surface area contributed by atoms with Gasteiger partial charge in [-0.15, -0.1) is 0 Å². The highest BCUT2D eigenvalue weighted by molar-refractivity contribution is 5.35. The molecule has 1 aromatic heterocycles. The van der Waals surface area contributed by atoms with Gasteiger partial charge >= 0.3 is 6.01 Å². The zero-order chi connectivity index (χ0) is 14.6. The maximum atomic E-state index is 5.42. The largest absolute Gasteiger partial charge is 0.464 e. The zero-order valence-electron chi connectivity index (χ0n) is 12.6. The van der Waals surface area contributed by atoms with E-state index in [1.807, 2.05) is 13.8 Å². The molecule has 7 heteroatoms. The van der Waals surface area contributed by atoms with Crippen LogP contribution in [0.3, 0.4) is 0 Å². The SMILES string of the molecule is CCCOCCCNc1nc(NCC)nc(OCC)n1. The highest BCUT2D eigenvalue weighted by Crippen LogP contribution is 2.11. The lowest BCUT2D eigenvalue weighted by Crippen LogP contribution is -2.12. The van der Waals surface area contributed by atoms with Crippen LogP contribution in [0.15, 0.2) is 0 Å². The van der Waals surface area contributed by atoms with Gasteiger partial charge in [-0.2, -0.15) is 15.0 Å². The summed E-state index contributed by atoms with van der Waals surface area (Å²) in [5.74, 6) is 1.05. The van der Waals surface area contributed by atoms with Gasteiger partial charge in [-0.3, -0.25) is 0 Å². The number of nitrogens with zero attached hydrogens (tertiary/aromatic N) is 3. The summed E-state index contributed by atoms with van der Waals surface area (Å²) in [6.07, 6.45) is 1.96. The molecule has 0 unspecified atom stereocenters. The van der Waals surface area contributed by atoms with E-state index in [1.54, 1.807) is 0 Å². The third-order valence-corrected chi connectivity index (χ3v) is 2.32. The molecule has 7 nitrogen and oxygen atoms in total. The molecule has 0 aromatic carbocycles. The van der Waals surface area contributed by atoms with Gasteiger partial charge in [-0.05, 0) is 26.7 Å². The molecule has 0 aliphatic rings. The van der Waals surface area contributed by atoms with E-state index in [2.05, 4.69) is 32.5 Å². The average molecular weight is 283 g/mol. The minimum Gasteiger partial charge on any atom is -0.464 e. The van der Waals surface area contributed by atoms with E-state index in [0.29, 0.717) is 24.5 Å². The molecular weight excluding hydrogens is 258 g/mol. The normalized spacial score (nSPS) is 10.3. The molecule has 0 radical (unpaired) electrons. The lowest BCUT2D eigenvalue weighted by atomic mass is 10.4. The van der Waals surface area contributed by atoms with Crippen molar-refractivity contribution in [2.45, 2.75) is 33.6 Å². The van der Waals surface area contributed by atoms with Gasteiger partial charge in [0.25, 0.3) is 0 Å². The first-order valence-electron chi connectivity index (χ1n) is 7.24. The summed E-state index contributed by atoms with van der Waals surface area (Å²) in [5.41, 5.74) is 0. The van der Waals surface area contributed by atoms with Crippen LogP contribution in [0.5, 0.6) is 6.01 Å². The second-order valence-electron chi connectivity index (χ2n) is 4.12. The van der Waals surface area contributed by atoms with Gasteiger partial charge in [0.05, 0.1) is 6.61 Å². The van der Waals surface area contributed by atoms with Crippen LogP contribution >= 0.6 is 0 Å². The summed E-state index contributed by atoms with van der Waals surface area (Å²) in [6, 6.07) is 0.336. The number of aromatic nitrogens is 3. The van der Waals surface area contributed by atoms with Crippen molar-refractivity contribution in [3.05, 3.63) is 0 Å². The van der Waals surface area contributed by atoms with E-state index in [9.17, 15) is 0 Å². The molecule has 1 heterocycles. The maximum absolute atomic E-state index is 5.42. The van der Waals surface area contributed by atoms with Crippen molar-refractivity contribution in [2.24, 2.45) is 0 Å². The summed E-state index contributed by atoms with van der Waals surface area (Å²) < 4.78 is 10.7. The minimum absolute atomic E-state index is 0.336. The number of ether oxygens (including phenoxy) is 2. The Bertz CT molecular complexity index is 352. The standard InChI is InChI=1S/C13H25N5O2/c1-4-9-19-10-7-8-15-12-16-11(14-5-2)17-13(18-12)20-6-3/h4-10H2,1-3H3,(H2,14,15,16,17,18). The maximum Gasteiger partial charge on any atom is 0.323 e. The van der Waals surface area contributed by atoms with Gasteiger partial charge in [0, 0.05) is 26.3 Å². The summed E-state index contributed by atoms with van der Waals surface area (Å²) >= 11 is 0. The minimum atomic E-state index is 0.336. The molecule has 0 saturated carbocycles. The van der Waals surface area contributed by atoms with Crippen molar-refractivity contribution in [2.75, 3.05) is 43.5 Å². The third kappa shape index (κ3) is 6.51. The molecule has 0 aliphatic carbocycles. The molecule has 1 aromatic rings. The Morgan fingerprint density at radius 3 is 2.35 bits per heavy atom. The number of hydrogen-bond acceptors (Lipinski definition) is 7. The van der Waals surface area contributed by atoms with Crippen molar-refractivity contribution in [1.82, 2.24) is 15.0 Å². The summed E-state index contributed by atoms with van der Waals surface area (Å²) in [7, 11) is 0. The van der Waals surface area contributed by atoms with Gasteiger partial charge in [0.15, 0.2) is 0 Å². The quantitative estimate of drug-likeness (QED) is 0.600. The predicted molar refractivity (Wildman–Crippen MR) is 79.4 cm³/mol. The fraction of sp³-hybridized carbons (Fsp3) is 0.769. The second kappa shape index (κ2) is 10.2. The average Bonchev–Trinajstić information content (AvgIpc) is 2.43. The van der Waals surface area contributed by atoms with E-state index in [-0.39, 0.29) is 0 Å². The van der Waals surface area contributed by atoms with Crippen molar-refractivity contribution in [1.29, 1.82) is 0 Å². The molecule has 2 N–H and O–H groups in total. The number of anilines is 2. The molecule has 0 fully saturated rings. The van der Waals surface area contributed by atoms with Gasteiger partial charge in [-0.1, -0.05) is 6.92 Å². The Labute approximate surface area is 120 Å². The topological polar surface area (TPSA) is 81.2 Å². The lowest BCUT2D eigenvalue weighted by Gasteiger charge is -2.09. The number of nitrogens with one attached hydrogen (secondary N) is 2. The Balaban J connectivity index is 2.46. The lowest BCUT2D eigenvalue weighted by molar-refractivity contribution is 0.134. The molecule has 20 heavy (non-hydrogen) atoms. The molecule has 0 atom stereocenters. The molecule has 114 valence electrons. The van der Waals surface area contributed by atoms with Crippen LogP contribution < -0.4 is 15.4 Å². The fourth-order valence-corrected chi connectivity index (χ4v) is 1.49. The van der Waals surface area contributed by atoms with Crippen LogP contribution in [-0.4, -0.2) is 47.9 Å². The van der Waals surface area contributed by atoms with Crippen molar-refractivity contribution >= 4 is 11.9 Å². The molecule has 1 rings (SSSR count). The Kier molecular flexibility index (Phi) is 8.37. The molecular formula is C13H25N5O2. The van der Waals surface area contributed by atoms with Crippen LogP contribution in [0.4, 0.5) is 11.9 Å². The smallest absolute Gasteiger partial charge is 0.323 e. The van der Waals surface area contributed by atoms with Crippen LogP contribution in [0, 0.1) is 0 Å². The highest BCUT2D eigenvalue weighted by Gasteiger charge is 2.06. The Morgan fingerprint density at radius 2 is 1.70 bits per heavy atom. The van der Waals surface area contributed by atoms with Crippen LogP contribution in [-0.2, 0) is 4.74 Å². The molecule has 0 saturated heterocycles. The summed E-state index contributed by atoms with van der Waals surface area (Å²) in [6.45, 7) is 9.57. The fourth-order valence-electron chi connectivity index (χ4n) is 1.49. The third-order valence-electron chi connectivity index (χ3n) is 2.32. The van der Waals surface area contributed by atoms with Crippen LogP contribution in [0.25, 0.3) is 0 Å². The Morgan fingerprint density at radius 1 is 0.950 bits per heavy atom. The summed E-state index contributed by atoms with van der Waals surface area (Å²) in [5, 5.41) is 6.22. The predicted octanol–water partition coefficient (Wildman–Crippen LogP) is 1.93. The van der Waals surface area contributed by atoms with Crippen molar-refractivity contribution in [3.8, 4) is 6.01 Å². The zero-order valence-corrected chi connectivity index (χ0v) is 12.6. The Hall–Kier alpha value is -1.63. The van der Waals surface area contributed by atoms with E-state index in [0.717, 1.165) is 39.1 Å². The first kappa shape index (κ1) is 16.4. The van der Waals surface area contributed by atoms with Crippen molar-refractivity contribution in [3.63, 3.8) is 0 Å². The first-order valence-corrected chi connectivity index (χ1v) is 7.24. The van der Waals surface area contributed by atoms with Crippen molar-refractivity contribution < 1.29 is 9.47 Å². The molecule has 0 amide bonds. The molecule has 0 aliphatic heterocycles. The van der Waals surface area contributed by atoms with Crippen LogP contribution in [0.1, 0.15) is 33.6 Å². The first-order chi connectivity index (χ1) is 9.80. The van der Waals surface area contributed by atoms with Gasteiger partial charge in [0.1, 0.15) is 0 Å². The van der Waals surface area contributed by atoms with E-state index < -0.39 is 0 Å². The van der Waals surface area contributed by atoms with E-state index in [4.69, 9.17) is 9.47 Å². The molecule has 0 spiro atoms. The monoisotopic (exact) mass is 283 g/mol. The van der Waals surface area contributed by atoms with Gasteiger partial charge in [0.2, 0.25) is 11.9 Å². The molecule has 0 bridgehead atoms. The van der Waals surface area contributed by atoms with Crippen LogP contribution in [0.2, 0.25) is 0 Å². The highest BCUT2D eigenvalue weighted by atomic mass is 16.5. The summed E-state index contributed by atoms with van der Waals surface area (Å²) in [4.78, 5) is 12.6. The number of rotatable bonds is 11. The van der Waals surface area contributed by atoms with Gasteiger partial charge in [-0.25, -0.2) is 0 Å². The second-order valence-corrected chi connectivity index (χ2v) is 4.12. The number of hydrogen-bond donors (Lipinski definition) is 2.